The summed E-state index contributed by atoms with van der Waals surface area (Å²) in [6.07, 6.45) is 3.54. The molecule has 0 unspecified atom stereocenters. The summed E-state index contributed by atoms with van der Waals surface area (Å²) in [5.41, 5.74) is 1.04. The summed E-state index contributed by atoms with van der Waals surface area (Å²) in [5, 5.41) is 0.682. The highest BCUT2D eigenvalue weighted by Gasteiger charge is 2.19. The predicted octanol–water partition coefficient (Wildman–Crippen LogP) is 4.39. The van der Waals surface area contributed by atoms with Gasteiger partial charge in [0.1, 0.15) is 11.6 Å². The molecule has 1 aromatic heterocycles. The first-order chi connectivity index (χ1) is 12.6. The Morgan fingerprint density at radius 2 is 1.92 bits per heavy atom. The van der Waals surface area contributed by atoms with Crippen molar-refractivity contribution in [3.05, 3.63) is 88.7 Å². The second kappa shape index (κ2) is 8.15. The van der Waals surface area contributed by atoms with Crippen molar-refractivity contribution in [3.8, 4) is 0 Å². The maximum atomic E-state index is 13.9. The molecule has 0 aliphatic carbocycles. The summed E-state index contributed by atoms with van der Waals surface area (Å²) in [7, 11) is 0. The fourth-order valence-electron chi connectivity index (χ4n) is 2.75. The molecular weight excluding hydrogens is 353 g/mol. The Bertz CT molecular complexity index is 909. The quantitative estimate of drug-likeness (QED) is 0.644. The van der Waals surface area contributed by atoms with Crippen molar-refractivity contribution in [1.29, 1.82) is 0 Å². The topological polar surface area (TPSA) is 38.1 Å². The Kier molecular flexibility index (Phi) is 5.68. The van der Waals surface area contributed by atoms with Gasteiger partial charge < -0.3 is 9.47 Å². The number of imidazole rings is 1. The van der Waals surface area contributed by atoms with Crippen LogP contribution in [0.2, 0.25) is 5.02 Å². The van der Waals surface area contributed by atoms with Crippen molar-refractivity contribution in [2.75, 3.05) is 6.54 Å². The number of carbonyl (C=O) groups is 1. The fraction of sp³-hybridized carbons (Fsp3) is 0.200. The molecule has 0 atom stereocenters. The molecule has 3 aromatic rings. The molecule has 0 aliphatic rings. The van der Waals surface area contributed by atoms with E-state index in [1.807, 2.05) is 42.0 Å². The molecule has 0 bridgehead atoms. The van der Waals surface area contributed by atoms with Crippen LogP contribution < -0.4 is 0 Å². The van der Waals surface area contributed by atoms with Crippen LogP contribution in [0.5, 0.6) is 0 Å². The minimum atomic E-state index is -0.518. The molecule has 0 fully saturated rings. The third-order valence-electron chi connectivity index (χ3n) is 4.21. The number of carbonyl (C=O) groups excluding carboxylic acids is 1. The van der Waals surface area contributed by atoms with Crippen molar-refractivity contribution in [1.82, 2.24) is 14.5 Å². The Balaban J connectivity index is 1.80. The Labute approximate surface area is 156 Å². The molecular formula is C20H19ClFN3O. The van der Waals surface area contributed by atoms with Gasteiger partial charge in [-0.05, 0) is 30.7 Å². The van der Waals surface area contributed by atoms with E-state index in [0.29, 0.717) is 24.7 Å². The van der Waals surface area contributed by atoms with E-state index in [1.165, 1.54) is 12.1 Å². The first-order valence-electron chi connectivity index (χ1n) is 8.37. The summed E-state index contributed by atoms with van der Waals surface area (Å²) < 4.78 is 15.9. The van der Waals surface area contributed by atoms with Gasteiger partial charge in [0.2, 0.25) is 0 Å². The summed E-state index contributed by atoms with van der Waals surface area (Å²) in [6, 6.07) is 13.6. The lowest BCUT2D eigenvalue weighted by atomic mass is 10.2. The number of aromatic nitrogens is 2. The third-order valence-corrected chi connectivity index (χ3v) is 4.57. The zero-order valence-electron chi connectivity index (χ0n) is 14.4. The number of amides is 1. The molecule has 1 heterocycles. The highest BCUT2D eigenvalue weighted by atomic mass is 35.5. The van der Waals surface area contributed by atoms with Crippen LogP contribution >= 0.6 is 11.6 Å². The van der Waals surface area contributed by atoms with Gasteiger partial charge in [-0.2, -0.15) is 0 Å². The second-order valence-electron chi connectivity index (χ2n) is 5.86. The monoisotopic (exact) mass is 371 g/mol. The summed E-state index contributed by atoms with van der Waals surface area (Å²) in [5.74, 6) is -0.148. The van der Waals surface area contributed by atoms with E-state index >= 15 is 0 Å². The maximum Gasteiger partial charge on any atom is 0.257 e. The van der Waals surface area contributed by atoms with Gasteiger partial charge in [-0.15, -0.1) is 0 Å². The average Bonchev–Trinajstić information content (AvgIpc) is 3.08. The molecule has 0 radical (unpaired) electrons. The number of benzene rings is 2. The van der Waals surface area contributed by atoms with E-state index in [9.17, 15) is 9.18 Å². The Morgan fingerprint density at radius 1 is 1.19 bits per heavy atom. The van der Waals surface area contributed by atoms with Crippen molar-refractivity contribution in [3.63, 3.8) is 0 Å². The van der Waals surface area contributed by atoms with Gasteiger partial charge in [-0.25, -0.2) is 9.37 Å². The van der Waals surface area contributed by atoms with Crippen molar-refractivity contribution >= 4 is 17.5 Å². The first-order valence-corrected chi connectivity index (χ1v) is 8.75. The van der Waals surface area contributed by atoms with E-state index < -0.39 is 5.82 Å². The molecule has 4 nitrogen and oxygen atoms in total. The molecule has 6 heteroatoms. The maximum absolute atomic E-state index is 13.9. The molecule has 0 aliphatic heterocycles. The Hall–Kier alpha value is -2.66. The van der Waals surface area contributed by atoms with E-state index in [2.05, 4.69) is 4.98 Å². The average molecular weight is 372 g/mol. The highest BCUT2D eigenvalue weighted by Crippen LogP contribution is 2.18. The zero-order chi connectivity index (χ0) is 18.5. The van der Waals surface area contributed by atoms with Gasteiger partial charge in [0, 0.05) is 24.0 Å². The minimum absolute atomic E-state index is 0.0681. The molecule has 134 valence electrons. The van der Waals surface area contributed by atoms with E-state index in [-0.39, 0.29) is 11.5 Å². The zero-order valence-corrected chi connectivity index (χ0v) is 15.2. The predicted molar refractivity (Wildman–Crippen MR) is 99.6 cm³/mol. The second-order valence-corrected chi connectivity index (χ2v) is 6.27. The van der Waals surface area contributed by atoms with Crippen LogP contribution in [-0.4, -0.2) is 26.9 Å². The number of hydrogen-bond acceptors (Lipinski definition) is 2. The molecule has 3 rings (SSSR count). The third kappa shape index (κ3) is 3.94. The van der Waals surface area contributed by atoms with Gasteiger partial charge in [0.15, 0.2) is 0 Å². The van der Waals surface area contributed by atoms with Gasteiger partial charge in [-0.1, -0.05) is 41.9 Å². The van der Waals surface area contributed by atoms with Crippen LogP contribution in [0.3, 0.4) is 0 Å². The van der Waals surface area contributed by atoms with Crippen molar-refractivity contribution in [2.45, 2.75) is 20.0 Å². The number of nitrogens with zero attached hydrogens (tertiary/aromatic N) is 3. The molecule has 0 spiro atoms. The molecule has 0 saturated carbocycles. The van der Waals surface area contributed by atoms with E-state index in [4.69, 9.17) is 11.6 Å². The fourth-order valence-corrected chi connectivity index (χ4v) is 2.94. The summed E-state index contributed by atoms with van der Waals surface area (Å²) >= 11 is 6.23. The van der Waals surface area contributed by atoms with E-state index in [1.54, 1.807) is 23.2 Å². The van der Waals surface area contributed by atoms with Crippen LogP contribution in [0, 0.1) is 5.82 Å². The molecule has 1 amide bonds. The van der Waals surface area contributed by atoms with Crippen LogP contribution in [-0.2, 0) is 13.1 Å². The van der Waals surface area contributed by atoms with Gasteiger partial charge in [-0.3, -0.25) is 4.79 Å². The van der Waals surface area contributed by atoms with Crippen LogP contribution in [0.25, 0.3) is 0 Å². The lowest BCUT2D eigenvalue weighted by molar-refractivity contribution is 0.0742. The molecule has 0 N–H and O–H groups in total. The minimum Gasteiger partial charge on any atom is -0.331 e. The van der Waals surface area contributed by atoms with Gasteiger partial charge >= 0.3 is 0 Å². The SMILES string of the molecule is CCN(Cc1nccn1Cc1ccccc1Cl)C(=O)c1ccccc1F. The Morgan fingerprint density at radius 3 is 2.65 bits per heavy atom. The number of hydrogen-bond donors (Lipinski definition) is 0. The number of halogens is 2. The normalized spacial score (nSPS) is 10.7. The van der Waals surface area contributed by atoms with E-state index in [0.717, 1.165) is 11.4 Å². The smallest absolute Gasteiger partial charge is 0.257 e. The summed E-state index contributed by atoms with van der Waals surface area (Å²) in [4.78, 5) is 18.6. The highest BCUT2D eigenvalue weighted by molar-refractivity contribution is 6.31. The molecule has 2 aromatic carbocycles. The largest absolute Gasteiger partial charge is 0.331 e. The van der Waals surface area contributed by atoms with Crippen LogP contribution in [0.4, 0.5) is 4.39 Å². The van der Waals surface area contributed by atoms with Crippen LogP contribution in [0.15, 0.2) is 60.9 Å². The van der Waals surface area contributed by atoms with Crippen LogP contribution in [0.1, 0.15) is 28.7 Å². The van der Waals surface area contributed by atoms with Crippen molar-refractivity contribution < 1.29 is 9.18 Å². The standard InChI is InChI=1S/C20H19ClFN3O/c1-2-24(20(26)16-8-4-6-10-18(16)22)14-19-23-11-12-25(19)13-15-7-3-5-9-17(15)21/h3-12H,2,13-14H2,1H3. The van der Waals surface area contributed by atoms with Crippen molar-refractivity contribution in [2.24, 2.45) is 0 Å². The van der Waals surface area contributed by atoms with Gasteiger partial charge in [0.05, 0.1) is 18.7 Å². The number of rotatable bonds is 6. The van der Waals surface area contributed by atoms with Gasteiger partial charge in [0.25, 0.3) is 5.91 Å². The molecule has 26 heavy (non-hydrogen) atoms. The lowest BCUT2D eigenvalue weighted by Crippen LogP contribution is -2.32. The molecule has 0 saturated heterocycles. The lowest BCUT2D eigenvalue weighted by Gasteiger charge is -2.21. The summed E-state index contributed by atoms with van der Waals surface area (Å²) in [6.45, 7) is 3.16. The first kappa shape index (κ1) is 18.1.